The van der Waals surface area contributed by atoms with Crippen molar-refractivity contribution in [2.45, 2.75) is 26.3 Å². The van der Waals surface area contributed by atoms with Gasteiger partial charge in [0.25, 0.3) is 0 Å². The zero-order valence-electron chi connectivity index (χ0n) is 15.0. The van der Waals surface area contributed by atoms with Gasteiger partial charge in [-0.3, -0.25) is 9.98 Å². The van der Waals surface area contributed by atoms with Crippen molar-refractivity contribution >= 4 is 29.9 Å². The van der Waals surface area contributed by atoms with E-state index < -0.39 is 6.36 Å². The van der Waals surface area contributed by atoms with E-state index in [0.29, 0.717) is 18.1 Å². The number of aliphatic imine (C=N–C) groups is 1. The second kappa shape index (κ2) is 11.0. The number of aromatic nitrogens is 1. The molecule has 0 atom stereocenters. The Morgan fingerprint density at radius 2 is 1.89 bits per heavy atom. The SMILES string of the molecule is CN=C(NCCc1ccncc1C)NCc1ccccc1OC(F)(F)F.I. The maximum atomic E-state index is 12.5. The van der Waals surface area contributed by atoms with E-state index in [-0.39, 0.29) is 36.3 Å². The molecule has 1 aromatic carbocycles. The lowest BCUT2D eigenvalue weighted by Crippen LogP contribution is -2.38. The second-order valence-corrected chi connectivity index (χ2v) is 5.56. The summed E-state index contributed by atoms with van der Waals surface area (Å²) in [6.45, 7) is 2.78. The molecule has 9 heteroatoms. The van der Waals surface area contributed by atoms with Gasteiger partial charge >= 0.3 is 6.36 Å². The van der Waals surface area contributed by atoms with Crippen LogP contribution in [-0.4, -0.2) is 30.9 Å². The lowest BCUT2D eigenvalue weighted by Gasteiger charge is -2.15. The lowest BCUT2D eigenvalue weighted by molar-refractivity contribution is -0.274. The predicted octanol–water partition coefficient (Wildman–Crippen LogP) is 3.81. The van der Waals surface area contributed by atoms with E-state index in [1.807, 2.05) is 13.0 Å². The highest BCUT2D eigenvalue weighted by molar-refractivity contribution is 14.0. The number of aryl methyl sites for hydroxylation is 1. The molecule has 0 aliphatic rings. The van der Waals surface area contributed by atoms with Crippen molar-refractivity contribution < 1.29 is 17.9 Å². The van der Waals surface area contributed by atoms with Crippen LogP contribution in [0.2, 0.25) is 0 Å². The van der Waals surface area contributed by atoms with E-state index >= 15 is 0 Å². The molecule has 1 heterocycles. The summed E-state index contributed by atoms with van der Waals surface area (Å²) in [5.41, 5.74) is 2.67. The Hall–Kier alpha value is -2.04. The van der Waals surface area contributed by atoms with Gasteiger partial charge in [-0.05, 0) is 36.6 Å². The van der Waals surface area contributed by atoms with E-state index in [1.54, 1.807) is 31.6 Å². The molecule has 0 radical (unpaired) electrons. The number of rotatable bonds is 6. The van der Waals surface area contributed by atoms with Crippen molar-refractivity contribution in [1.29, 1.82) is 0 Å². The summed E-state index contributed by atoms with van der Waals surface area (Å²) >= 11 is 0. The first kappa shape index (κ1) is 23.0. The zero-order chi connectivity index (χ0) is 19.0. The number of pyridine rings is 1. The van der Waals surface area contributed by atoms with E-state index in [2.05, 4.69) is 25.3 Å². The minimum Gasteiger partial charge on any atom is -0.405 e. The first-order chi connectivity index (χ1) is 12.4. The van der Waals surface area contributed by atoms with Gasteiger partial charge in [-0.1, -0.05) is 18.2 Å². The van der Waals surface area contributed by atoms with Crippen LogP contribution < -0.4 is 15.4 Å². The normalized spacial score (nSPS) is 11.5. The molecule has 27 heavy (non-hydrogen) atoms. The molecule has 0 saturated heterocycles. The molecule has 1 aromatic heterocycles. The average molecular weight is 494 g/mol. The molecule has 2 rings (SSSR count). The van der Waals surface area contributed by atoms with Crippen LogP contribution in [0.5, 0.6) is 5.75 Å². The van der Waals surface area contributed by atoms with Gasteiger partial charge in [-0.15, -0.1) is 37.1 Å². The molecule has 2 N–H and O–H groups in total. The van der Waals surface area contributed by atoms with Crippen LogP contribution in [0.4, 0.5) is 13.2 Å². The minimum absolute atomic E-state index is 0. The molecule has 0 unspecified atom stereocenters. The maximum Gasteiger partial charge on any atom is 0.573 e. The van der Waals surface area contributed by atoms with Crippen molar-refractivity contribution in [3.63, 3.8) is 0 Å². The van der Waals surface area contributed by atoms with Gasteiger partial charge in [-0.25, -0.2) is 0 Å². The summed E-state index contributed by atoms with van der Waals surface area (Å²) in [7, 11) is 1.60. The molecule has 0 aliphatic carbocycles. The Morgan fingerprint density at radius 3 is 2.56 bits per heavy atom. The van der Waals surface area contributed by atoms with Crippen molar-refractivity contribution in [2.75, 3.05) is 13.6 Å². The topological polar surface area (TPSA) is 58.5 Å². The van der Waals surface area contributed by atoms with Crippen LogP contribution in [0.25, 0.3) is 0 Å². The quantitative estimate of drug-likeness (QED) is 0.365. The number of ether oxygens (including phenoxy) is 1. The molecule has 0 bridgehead atoms. The third kappa shape index (κ3) is 8.02. The predicted molar refractivity (Wildman–Crippen MR) is 109 cm³/mol. The number of hydrogen-bond donors (Lipinski definition) is 2. The van der Waals surface area contributed by atoms with Gasteiger partial charge in [0.15, 0.2) is 5.96 Å². The minimum atomic E-state index is -4.72. The summed E-state index contributed by atoms with van der Waals surface area (Å²) < 4.78 is 41.4. The summed E-state index contributed by atoms with van der Waals surface area (Å²) in [6, 6.07) is 7.96. The number of hydrogen-bond acceptors (Lipinski definition) is 3. The molecular formula is C18H22F3IN4O. The highest BCUT2D eigenvalue weighted by Crippen LogP contribution is 2.25. The number of benzene rings is 1. The third-order valence-electron chi connectivity index (χ3n) is 3.69. The molecule has 5 nitrogen and oxygen atoms in total. The van der Waals surface area contributed by atoms with E-state index in [1.165, 1.54) is 17.7 Å². The van der Waals surface area contributed by atoms with Gasteiger partial charge in [0.05, 0.1) is 0 Å². The highest BCUT2D eigenvalue weighted by atomic mass is 127. The Balaban J connectivity index is 0.00000364. The smallest absolute Gasteiger partial charge is 0.405 e. The Kier molecular flexibility index (Phi) is 9.33. The summed E-state index contributed by atoms with van der Waals surface area (Å²) in [6.07, 6.45) is -0.395. The fourth-order valence-corrected chi connectivity index (χ4v) is 2.37. The highest BCUT2D eigenvalue weighted by Gasteiger charge is 2.31. The fourth-order valence-electron chi connectivity index (χ4n) is 2.37. The van der Waals surface area contributed by atoms with E-state index in [0.717, 1.165) is 12.0 Å². The summed E-state index contributed by atoms with van der Waals surface area (Å²) in [4.78, 5) is 8.13. The van der Waals surface area contributed by atoms with Crippen LogP contribution in [0.15, 0.2) is 47.7 Å². The number of halogens is 4. The summed E-state index contributed by atoms with van der Waals surface area (Å²) in [5.74, 6) is 0.272. The maximum absolute atomic E-state index is 12.5. The molecular weight excluding hydrogens is 472 g/mol. The zero-order valence-corrected chi connectivity index (χ0v) is 17.3. The number of para-hydroxylation sites is 1. The van der Waals surface area contributed by atoms with Gasteiger partial charge in [-0.2, -0.15) is 0 Å². The molecule has 0 aliphatic heterocycles. The van der Waals surface area contributed by atoms with Crippen LogP contribution >= 0.6 is 24.0 Å². The number of alkyl halides is 3. The van der Waals surface area contributed by atoms with Crippen molar-refractivity contribution in [3.8, 4) is 5.75 Å². The lowest BCUT2D eigenvalue weighted by atomic mass is 10.1. The van der Waals surface area contributed by atoms with Crippen LogP contribution in [0.1, 0.15) is 16.7 Å². The Labute approximate surface area is 173 Å². The fraction of sp³-hybridized carbons (Fsp3) is 0.333. The molecule has 0 amide bonds. The summed E-state index contributed by atoms with van der Waals surface area (Å²) in [5, 5.41) is 6.13. The average Bonchev–Trinajstić information content (AvgIpc) is 2.59. The van der Waals surface area contributed by atoms with E-state index in [4.69, 9.17) is 0 Å². The largest absolute Gasteiger partial charge is 0.573 e. The van der Waals surface area contributed by atoms with Gasteiger partial charge < -0.3 is 15.4 Å². The van der Waals surface area contributed by atoms with Crippen LogP contribution in [-0.2, 0) is 13.0 Å². The van der Waals surface area contributed by atoms with E-state index in [9.17, 15) is 13.2 Å². The third-order valence-corrected chi connectivity index (χ3v) is 3.69. The second-order valence-electron chi connectivity index (χ2n) is 5.56. The van der Waals surface area contributed by atoms with Crippen molar-refractivity contribution in [3.05, 3.63) is 59.4 Å². The van der Waals surface area contributed by atoms with Crippen LogP contribution in [0, 0.1) is 6.92 Å². The van der Waals surface area contributed by atoms with Gasteiger partial charge in [0.2, 0.25) is 0 Å². The molecule has 148 valence electrons. The first-order valence-electron chi connectivity index (χ1n) is 8.06. The first-order valence-corrected chi connectivity index (χ1v) is 8.06. The number of guanidine groups is 1. The molecule has 0 saturated carbocycles. The van der Waals surface area contributed by atoms with Gasteiger partial charge in [0, 0.05) is 38.1 Å². The Morgan fingerprint density at radius 1 is 1.15 bits per heavy atom. The van der Waals surface area contributed by atoms with Crippen molar-refractivity contribution in [2.24, 2.45) is 4.99 Å². The van der Waals surface area contributed by atoms with Gasteiger partial charge in [0.1, 0.15) is 5.75 Å². The van der Waals surface area contributed by atoms with Crippen LogP contribution in [0.3, 0.4) is 0 Å². The monoisotopic (exact) mass is 494 g/mol. The van der Waals surface area contributed by atoms with Crippen molar-refractivity contribution in [1.82, 2.24) is 15.6 Å². The molecule has 0 spiro atoms. The number of nitrogens with one attached hydrogen (secondary N) is 2. The number of nitrogens with zero attached hydrogens (tertiary/aromatic N) is 2. The molecule has 2 aromatic rings. The Bertz CT molecular complexity index is 753. The standard InChI is InChI=1S/C18H21F3N4O.HI/c1-13-11-23-9-7-14(13)8-10-24-17(22-2)25-12-15-5-3-4-6-16(15)26-18(19,20)21;/h3-7,9,11H,8,10,12H2,1-2H3,(H2,22,24,25);1H. The molecule has 0 fully saturated rings.